The van der Waals surface area contributed by atoms with E-state index < -0.39 is 0 Å². The van der Waals surface area contributed by atoms with Gasteiger partial charge in [-0.25, -0.2) is 4.39 Å². The summed E-state index contributed by atoms with van der Waals surface area (Å²) in [5, 5.41) is 3.03. The highest BCUT2D eigenvalue weighted by Gasteiger charge is 2.17. The summed E-state index contributed by atoms with van der Waals surface area (Å²) in [7, 11) is 1.60. The smallest absolute Gasteiger partial charge is 0.225 e. The van der Waals surface area contributed by atoms with Crippen LogP contribution in [0.25, 0.3) is 0 Å². The number of methoxy groups -OCH3 is 1. The lowest BCUT2D eigenvalue weighted by Crippen LogP contribution is -2.30. The van der Waals surface area contributed by atoms with Crippen molar-refractivity contribution in [2.45, 2.75) is 12.5 Å². The maximum Gasteiger partial charge on any atom is 0.225 e. The molecule has 5 heteroatoms. The minimum Gasteiger partial charge on any atom is -0.497 e. The van der Waals surface area contributed by atoms with E-state index >= 15 is 0 Å². The van der Waals surface area contributed by atoms with Crippen LogP contribution in [0.5, 0.6) is 5.75 Å². The number of hydrogen-bond acceptors (Lipinski definition) is 3. The molecule has 26 heavy (non-hydrogen) atoms. The van der Waals surface area contributed by atoms with Crippen LogP contribution in [0.3, 0.4) is 0 Å². The van der Waals surface area contributed by atoms with E-state index in [1.54, 1.807) is 31.6 Å². The number of nitrogens with one attached hydrogen (secondary N) is 1. The van der Waals surface area contributed by atoms with E-state index in [1.165, 1.54) is 12.1 Å². The molecule has 1 unspecified atom stereocenters. The monoisotopic (exact) mass is 350 g/mol. The van der Waals surface area contributed by atoms with Crippen LogP contribution in [0.15, 0.2) is 73.1 Å². The normalized spacial score (nSPS) is 11.6. The molecule has 1 N–H and O–H groups in total. The van der Waals surface area contributed by atoms with Crippen LogP contribution in [0, 0.1) is 5.82 Å². The van der Waals surface area contributed by atoms with Crippen LogP contribution < -0.4 is 10.1 Å². The van der Waals surface area contributed by atoms with Crippen molar-refractivity contribution in [1.29, 1.82) is 0 Å². The number of benzene rings is 2. The largest absolute Gasteiger partial charge is 0.497 e. The van der Waals surface area contributed by atoms with E-state index in [2.05, 4.69) is 10.3 Å². The standard InChI is InChI=1S/C21H19FN2O2/c1-26-19-8-2-15(3-9-19)14-20(25)24-21(17-10-12-23-13-11-17)16-4-6-18(22)7-5-16/h2-13,21H,14H2,1H3,(H,24,25). The fourth-order valence-electron chi connectivity index (χ4n) is 2.71. The first kappa shape index (κ1) is 17.6. The van der Waals surface area contributed by atoms with E-state index in [-0.39, 0.29) is 24.2 Å². The van der Waals surface area contributed by atoms with Crippen molar-refractivity contribution in [2.75, 3.05) is 7.11 Å². The molecule has 1 amide bonds. The highest BCUT2D eigenvalue weighted by molar-refractivity contribution is 5.79. The molecule has 1 heterocycles. The maximum atomic E-state index is 13.3. The fourth-order valence-corrected chi connectivity index (χ4v) is 2.71. The lowest BCUT2D eigenvalue weighted by atomic mass is 9.99. The zero-order chi connectivity index (χ0) is 18.4. The van der Waals surface area contributed by atoms with Crippen molar-refractivity contribution in [2.24, 2.45) is 0 Å². The Morgan fingerprint density at radius 3 is 2.23 bits per heavy atom. The summed E-state index contributed by atoms with van der Waals surface area (Å²) in [5.74, 6) is 0.309. The topological polar surface area (TPSA) is 51.2 Å². The van der Waals surface area contributed by atoms with Crippen LogP contribution in [0.1, 0.15) is 22.7 Å². The second-order valence-electron chi connectivity index (χ2n) is 5.86. The Bertz CT molecular complexity index is 849. The van der Waals surface area contributed by atoms with Crippen molar-refractivity contribution in [3.63, 3.8) is 0 Å². The van der Waals surface area contributed by atoms with Gasteiger partial charge < -0.3 is 10.1 Å². The van der Waals surface area contributed by atoms with Gasteiger partial charge in [0.25, 0.3) is 0 Å². The molecule has 0 aliphatic heterocycles. The Morgan fingerprint density at radius 1 is 1.00 bits per heavy atom. The van der Waals surface area contributed by atoms with E-state index in [0.717, 1.165) is 22.4 Å². The number of hydrogen-bond donors (Lipinski definition) is 1. The lowest BCUT2D eigenvalue weighted by Gasteiger charge is -2.20. The Labute approximate surface area is 151 Å². The highest BCUT2D eigenvalue weighted by Crippen LogP contribution is 2.22. The summed E-state index contributed by atoms with van der Waals surface area (Å²) in [5.41, 5.74) is 2.58. The fraction of sp³-hybridized carbons (Fsp3) is 0.143. The molecule has 132 valence electrons. The van der Waals surface area contributed by atoms with Crippen LogP contribution in [-0.2, 0) is 11.2 Å². The van der Waals surface area contributed by atoms with Crippen LogP contribution in [0.2, 0.25) is 0 Å². The summed E-state index contributed by atoms with van der Waals surface area (Å²) in [4.78, 5) is 16.6. The quantitative estimate of drug-likeness (QED) is 0.738. The molecule has 0 bridgehead atoms. The Kier molecular flexibility index (Phi) is 5.59. The van der Waals surface area contributed by atoms with Crippen molar-refractivity contribution in [1.82, 2.24) is 10.3 Å². The molecule has 1 aromatic heterocycles. The van der Waals surface area contributed by atoms with Crippen molar-refractivity contribution in [3.05, 3.63) is 95.6 Å². The molecule has 0 radical (unpaired) electrons. The first-order valence-corrected chi connectivity index (χ1v) is 8.23. The predicted molar refractivity (Wildman–Crippen MR) is 97.3 cm³/mol. The van der Waals surface area contributed by atoms with Crippen LogP contribution in [-0.4, -0.2) is 18.0 Å². The number of rotatable bonds is 6. The first-order valence-electron chi connectivity index (χ1n) is 8.23. The molecule has 2 aromatic carbocycles. The summed E-state index contributed by atoms with van der Waals surface area (Å²) in [6.07, 6.45) is 3.58. The SMILES string of the molecule is COc1ccc(CC(=O)NC(c2ccncc2)c2ccc(F)cc2)cc1. The molecule has 0 spiro atoms. The molecule has 1 atom stereocenters. The molecular weight excluding hydrogens is 331 g/mol. The number of carbonyl (C=O) groups is 1. The van der Waals surface area contributed by atoms with Crippen LogP contribution in [0.4, 0.5) is 4.39 Å². The first-order chi connectivity index (χ1) is 12.7. The zero-order valence-corrected chi connectivity index (χ0v) is 14.4. The van der Waals surface area contributed by atoms with E-state index in [9.17, 15) is 9.18 Å². The maximum absolute atomic E-state index is 13.3. The zero-order valence-electron chi connectivity index (χ0n) is 14.4. The Hall–Kier alpha value is -3.21. The minimum atomic E-state index is -0.371. The summed E-state index contributed by atoms with van der Waals surface area (Å²) in [6.45, 7) is 0. The number of carbonyl (C=O) groups excluding carboxylic acids is 1. The molecular formula is C21H19FN2O2. The highest BCUT2D eigenvalue weighted by atomic mass is 19.1. The average molecular weight is 350 g/mol. The summed E-state index contributed by atoms with van der Waals surface area (Å²) < 4.78 is 18.4. The van der Waals surface area contributed by atoms with Gasteiger partial charge in [0.2, 0.25) is 5.91 Å². The van der Waals surface area contributed by atoms with Gasteiger partial charge in [0, 0.05) is 12.4 Å². The second kappa shape index (κ2) is 8.25. The molecule has 3 rings (SSSR count). The molecule has 0 aliphatic carbocycles. The van der Waals surface area contributed by atoms with Gasteiger partial charge in [0.15, 0.2) is 0 Å². The van der Waals surface area contributed by atoms with E-state index in [4.69, 9.17) is 4.74 Å². The van der Waals surface area contributed by atoms with E-state index in [0.29, 0.717) is 0 Å². The third kappa shape index (κ3) is 4.45. The summed E-state index contributed by atoms with van der Waals surface area (Å²) in [6, 6.07) is 16.8. The van der Waals surface area contributed by atoms with Crippen molar-refractivity contribution < 1.29 is 13.9 Å². The van der Waals surface area contributed by atoms with Gasteiger partial charge in [-0.1, -0.05) is 24.3 Å². The van der Waals surface area contributed by atoms with Gasteiger partial charge in [0.05, 0.1) is 19.6 Å². The molecule has 0 saturated carbocycles. The Morgan fingerprint density at radius 2 is 1.62 bits per heavy atom. The lowest BCUT2D eigenvalue weighted by molar-refractivity contribution is -0.120. The van der Waals surface area contributed by atoms with Crippen LogP contribution >= 0.6 is 0 Å². The predicted octanol–water partition coefficient (Wildman–Crippen LogP) is 3.68. The average Bonchev–Trinajstić information content (AvgIpc) is 2.68. The van der Waals surface area contributed by atoms with E-state index in [1.807, 2.05) is 36.4 Å². The third-order valence-corrected chi connectivity index (χ3v) is 4.07. The van der Waals surface area contributed by atoms with Gasteiger partial charge in [-0.05, 0) is 53.1 Å². The van der Waals surface area contributed by atoms with Gasteiger partial charge >= 0.3 is 0 Å². The molecule has 3 aromatic rings. The number of nitrogens with zero attached hydrogens (tertiary/aromatic N) is 1. The minimum absolute atomic E-state index is 0.124. The second-order valence-corrected chi connectivity index (χ2v) is 5.86. The van der Waals surface area contributed by atoms with Crippen molar-refractivity contribution >= 4 is 5.91 Å². The number of halogens is 1. The van der Waals surface area contributed by atoms with Gasteiger partial charge in [-0.3, -0.25) is 9.78 Å². The third-order valence-electron chi connectivity index (χ3n) is 4.07. The number of amides is 1. The molecule has 0 fully saturated rings. The Balaban J connectivity index is 1.78. The summed E-state index contributed by atoms with van der Waals surface area (Å²) >= 11 is 0. The molecule has 4 nitrogen and oxygen atoms in total. The number of ether oxygens (including phenoxy) is 1. The van der Waals surface area contributed by atoms with Crippen molar-refractivity contribution in [3.8, 4) is 5.75 Å². The van der Waals surface area contributed by atoms with Gasteiger partial charge in [0.1, 0.15) is 11.6 Å². The number of aromatic nitrogens is 1. The molecule has 0 saturated heterocycles. The van der Waals surface area contributed by atoms with Gasteiger partial charge in [-0.15, -0.1) is 0 Å². The van der Waals surface area contributed by atoms with Gasteiger partial charge in [-0.2, -0.15) is 0 Å². The molecule has 0 aliphatic rings. The number of pyridine rings is 1.